The van der Waals surface area contributed by atoms with E-state index in [2.05, 4.69) is 4.98 Å². The number of hydrogen-bond donors (Lipinski definition) is 1. The third kappa shape index (κ3) is 2.85. The van der Waals surface area contributed by atoms with Crippen molar-refractivity contribution >= 4 is 11.8 Å². The van der Waals surface area contributed by atoms with Crippen LogP contribution >= 0.6 is 0 Å². The van der Waals surface area contributed by atoms with Crippen LogP contribution in [0.5, 0.6) is 0 Å². The Balaban J connectivity index is 2.10. The highest BCUT2D eigenvalue weighted by molar-refractivity contribution is 5.95. The number of carbonyl (C=O) groups excluding carboxylic acids is 2. The molecule has 1 aromatic rings. The van der Waals surface area contributed by atoms with Crippen LogP contribution in [0.4, 0.5) is 0 Å². The molecule has 1 aromatic heterocycles. The topological polar surface area (TPSA) is 76.3 Å². The van der Waals surface area contributed by atoms with Gasteiger partial charge in [0.15, 0.2) is 0 Å². The summed E-state index contributed by atoms with van der Waals surface area (Å²) in [5.74, 6) is -0.593. The molecule has 2 amide bonds. The molecule has 1 aliphatic heterocycles. The fourth-order valence-electron chi connectivity index (χ4n) is 2.10. The highest BCUT2D eigenvalue weighted by Crippen LogP contribution is 2.12. The van der Waals surface area contributed by atoms with Gasteiger partial charge in [-0.2, -0.15) is 0 Å². The van der Waals surface area contributed by atoms with Crippen LogP contribution in [0.1, 0.15) is 46.5 Å². The lowest BCUT2D eigenvalue weighted by Crippen LogP contribution is -2.32. The molecule has 0 radical (unpaired) electrons. The second-order valence-electron chi connectivity index (χ2n) is 4.50. The first-order valence-electron chi connectivity index (χ1n) is 6.23. The van der Waals surface area contributed by atoms with E-state index >= 15 is 0 Å². The van der Waals surface area contributed by atoms with Crippen molar-refractivity contribution in [1.29, 1.82) is 0 Å². The van der Waals surface area contributed by atoms with Gasteiger partial charge in [0.1, 0.15) is 5.69 Å². The molecule has 5 nitrogen and oxygen atoms in total. The van der Waals surface area contributed by atoms with Gasteiger partial charge in [0, 0.05) is 19.3 Å². The van der Waals surface area contributed by atoms with Gasteiger partial charge in [-0.3, -0.25) is 14.6 Å². The zero-order valence-corrected chi connectivity index (χ0v) is 10.3. The summed E-state index contributed by atoms with van der Waals surface area (Å²) >= 11 is 0. The fraction of sp³-hybridized carbons (Fsp3) is 0.462. The minimum absolute atomic E-state index is 0.0621. The molecule has 0 aromatic carbocycles. The second-order valence-corrected chi connectivity index (χ2v) is 4.50. The van der Waals surface area contributed by atoms with Crippen molar-refractivity contribution in [2.45, 2.75) is 25.7 Å². The van der Waals surface area contributed by atoms with E-state index in [4.69, 9.17) is 5.73 Å². The SMILES string of the molecule is NC(=O)c1ccc(C(=O)N2CCCCCC2)nc1. The molecule has 2 heterocycles. The lowest BCUT2D eigenvalue weighted by atomic mass is 10.2. The number of amides is 2. The first kappa shape index (κ1) is 12.5. The van der Waals surface area contributed by atoms with Gasteiger partial charge in [-0.1, -0.05) is 12.8 Å². The number of primary amides is 1. The predicted molar refractivity (Wildman–Crippen MR) is 67.1 cm³/mol. The molecule has 0 spiro atoms. The van der Waals surface area contributed by atoms with Crippen LogP contribution in [0.3, 0.4) is 0 Å². The maximum absolute atomic E-state index is 12.2. The number of rotatable bonds is 2. The Morgan fingerprint density at radius 2 is 1.78 bits per heavy atom. The number of hydrogen-bond acceptors (Lipinski definition) is 3. The van der Waals surface area contributed by atoms with Crippen LogP contribution < -0.4 is 5.73 Å². The summed E-state index contributed by atoms with van der Waals surface area (Å²) in [6.45, 7) is 1.58. The molecule has 0 bridgehead atoms. The summed E-state index contributed by atoms with van der Waals surface area (Å²) < 4.78 is 0. The molecule has 2 rings (SSSR count). The lowest BCUT2D eigenvalue weighted by Gasteiger charge is -2.19. The second kappa shape index (κ2) is 5.62. The van der Waals surface area contributed by atoms with Crippen molar-refractivity contribution in [2.24, 2.45) is 5.73 Å². The van der Waals surface area contributed by atoms with Gasteiger partial charge >= 0.3 is 0 Å². The van der Waals surface area contributed by atoms with E-state index in [1.807, 2.05) is 4.90 Å². The quantitative estimate of drug-likeness (QED) is 0.853. The largest absolute Gasteiger partial charge is 0.366 e. The van der Waals surface area contributed by atoms with Gasteiger partial charge in [-0.05, 0) is 25.0 Å². The number of nitrogens with zero attached hydrogens (tertiary/aromatic N) is 2. The van der Waals surface area contributed by atoms with Gasteiger partial charge in [0.05, 0.1) is 5.56 Å². The Labute approximate surface area is 106 Å². The Hall–Kier alpha value is -1.91. The number of likely N-dealkylation sites (tertiary alicyclic amines) is 1. The number of carbonyl (C=O) groups is 2. The summed E-state index contributed by atoms with van der Waals surface area (Å²) in [5.41, 5.74) is 5.83. The van der Waals surface area contributed by atoms with E-state index in [0.29, 0.717) is 11.3 Å². The third-order valence-corrected chi connectivity index (χ3v) is 3.16. The van der Waals surface area contributed by atoms with Crippen LogP contribution in [0.15, 0.2) is 18.3 Å². The molecule has 1 saturated heterocycles. The van der Waals surface area contributed by atoms with Crippen LogP contribution in [0.2, 0.25) is 0 Å². The first-order valence-corrected chi connectivity index (χ1v) is 6.23. The third-order valence-electron chi connectivity index (χ3n) is 3.16. The number of aromatic nitrogens is 1. The maximum atomic E-state index is 12.2. The molecule has 18 heavy (non-hydrogen) atoms. The van der Waals surface area contributed by atoms with Crippen molar-refractivity contribution < 1.29 is 9.59 Å². The normalized spacial score (nSPS) is 16.1. The summed E-state index contributed by atoms with van der Waals surface area (Å²) in [4.78, 5) is 28.9. The smallest absolute Gasteiger partial charge is 0.272 e. The first-order chi connectivity index (χ1) is 8.68. The average molecular weight is 247 g/mol. The highest BCUT2D eigenvalue weighted by atomic mass is 16.2. The number of pyridine rings is 1. The van der Waals surface area contributed by atoms with Crippen molar-refractivity contribution in [3.63, 3.8) is 0 Å². The van der Waals surface area contributed by atoms with E-state index < -0.39 is 5.91 Å². The predicted octanol–water partition coefficient (Wildman–Crippen LogP) is 1.20. The van der Waals surface area contributed by atoms with Crippen LogP contribution in [-0.4, -0.2) is 34.8 Å². The Kier molecular flexibility index (Phi) is 3.92. The standard InChI is InChI=1S/C13H17N3O2/c14-12(17)10-5-6-11(15-9-10)13(18)16-7-3-1-2-4-8-16/h5-6,9H,1-4,7-8H2,(H2,14,17). The lowest BCUT2D eigenvalue weighted by molar-refractivity contribution is 0.0755. The Bertz CT molecular complexity index is 434. The maximum Gasteiger partial charge on any atom is 0.272 e. The average Bonchev–Trinajstić information content (AvgIpc) is 2.67. The summed E-state index contributed by atoms with van der Waals surface area (Å²) in [5, 5.41) is 0. The van der Waals surface area contributed by atoms with E-state index in [0.717, 1.165) is 25.9 Å². The van der Waals surface area contributed by atoms with E-state index in [1.165, 1.54) is 19.0 Å². The van der Waals surface area contributed by atoms with Gasteiger partial charge in [-0.15, -0.1) is 0 Å². The van der Waals surface area contributed by atoms with E-state index in [9.17, 15) is 9.59 Å². The molecule has 2 N–H and O–H groups in total. The minimum Gasteiger partial charge on any atom is -0.366 e. The van der Waals surface area contributed by atoms with E-state index in [-0.39, 0.29) is 5.91 Å². The molecular weight excluding hydrogens is 230 g/mol. The molecular formula is C13H17N3O2. The van der Waals surface area contributed by atoms with E-state index in [1.54, 1.807) is 12.1 Å². The van der Waals surface area contributed by atoms with Gasteiger partial charge < -0.3 is 10.6 Å². The Morgan fingerprint density at radius 3 is 2.28 bits per heavy atom. The van der Waals surface area contributed by atoms with Gasteiger partial charge in [-0.25, -0.2) is 0 Å². The molecule has 96 valence electrons. The van der Waals surface area contributed by atoms with Crippen LogP contribution in [-0.2, 0) is 0 Å². The van der Waals surface area contributed by atoms with Crippen molar-refractivity contribution in [1.82, 2.24) is 9.88 Å². The fourth-order valence-corrected chi connectivity index (χ4v) is 2.10. The summed E-state index contributed by atoms with van der Waals surface area (Å²) in [6, 6.07) is 3.10. The summed E-state index contributed by atoms with van der Waals surface area (Å²) in [6.07, 6.45) is 5.80. The zero-order chi connectivity index (χ0) is 13.0. The number of nitrogens with two attached hydrogens (primary N) is 1. The zero-order valence-electron chi connectivity index (χ0n) is 10.3. The minimum atomic E-state index is -0.531. The Morgan fingerprint density at radius 1 is 1.11 bits per heavy atom. The molecule has 0 saturated carbocycles. The van der Waals surface area contributed by atoms with Crippen LogP contribution in [0.25, 0.3) is 0 Å². The van der Waals surface area contributed by atoms with Crippen molar-refractivity contribution in [3.05, 3.63) is 29.6 Å². The molecule has 1 aliphatic rings. The van der Waals surface area contributed by atoms with Crippen LogP contribution in [0, 0.1) is 0 Å². The van der Waals surface area contributed by atoms with Gasteiger partial charge in [0.2, 0.25) is 5.91 Å². The molecule has 1 fully saturated rings. The molecule has 0 unspecified atom stereocenters. The monoisotopic (exact) mass is 247 g/mol. The highest BCUT2D eigenvalue weighted by Gasteiger charge is 2.18. The van der Waals surface area contributed by atoms with Gasteiger partial charge in [0.25, 0.3) is 5.91 Å². The van der Waals surface area contributed by atoms with Crippen molar-refractivity contribution in [2.75, 3.05) is 13.1 Å². The van der Waals surface area contributed by atoms with Crippen molar-refractivity contribution in [3.8, 4) is 0 Å². The molecule has 0 aliphatic carbocycles. The molecule has 0 atom stereocenters. The summed E-state index contributed by atoms with van der Waals surface area (Å²) in [7, 11) is 0. The molecule has 5 heteroatoms.